The van der Waals surface area contributed by atoms with Gasteiger partial charge in [0.25, 0.3) is 5.91 Å². The van der Waals surface area contributed by atoms with Crippen molar-refractivity contribution in [2.45, 2.75) is 5.16 Å². The lowest BCUT2D eigenvalue weighted by atomic mass is 10.2. The van der Waals surface area contributed by atoms with Crippen LogP contribution in [0.1, 0.15) is 5.56 Å². The van der Waals surface area contributed by atoms with Crippen LogP contribution < -0.4 is 5.43 Å². The van der Waals surface area contributed by atoms with Crippen LogP contribution in [0.3, 0.4) is 0 Å². The van der Waals surface area contributed by atoms with Crippen LogP contribution in [-0.4, -0.2) is 32.6 Å². The molecule has 1 heterocycles. The molecular weight excluding hydrogens is 510 g/mol. The first-order valence-corrected chi connectivity index (χ1v) is 11.7. The Morgan fingerprint density at radius 1 is 1.03 bits per heavy atom. The van der Waals surface area contributed by atoms with Crippen LogP contribution in [0.5, 0.6) is 0 Å². The molecule has 6 nitrogen and oxygen atoms in total. The van der Waals surface area contributed by atoms with E-state index in [0.717, 1.165) is 21.3 Å². The molecule has 3 aromatic carbocycles. The number of halogens is 2. The van der Waals surface area contributed by atoms with Crippen molar-refractivity contribution in [2.75, 3.05) is 5.75 Å². The van der Waals surface area contributed by atoms with E-state index in [2.05, 4.69) is 36.7 Å². The van der Waals surface area contributed by atoms with Crippen molar-refractivity contribution in [2.24, 2.45) is 5.10 Å². The Morgan fingerprint density at radius 3 is 2.47 bits per heavy atom. The van der Waals surface area contributed by atoms with Crippen molar-refractivity contribution in [1.29, 1.82) is 0 Å². The van der Waals surface area contributed by atoms with E-state index in [-0.39, 0.29) is 11.7 Å². The number of thioether (sulfide) groups is 1. The molecule has 0 aliphatic heterocycles. The zero-order chi connectivity index (χ0) is 22.3. The Bertz CT molecular complexity index is 1230. The third kappa shape index (κ3) is 5.64. The number of nitrogens with one attached hydrogen (secondary N) is 1. The second-order valence-corrected chi connectivity index (χ2v) is 8.91. The number of aromatic nitrogens is 3. The smallest absolute Gasteiger partial charge is 0.250 e. The maximum absolute atomic E-state index is 12.3. The van der Waals surface area contributed by atoms with E-state index < -0.39 is 0 Å². The van der Waals surface area contributed by atoms with E-state index in [9.17, 15) is 4.79 Å². The van der Waals surface area contributed by atoms with Gasteiger partial charge in [0.15, 0.2) is 11.0 Å². The number of para-hydroxylation sites is 1. The van der Waals surface area contributed by atoms with Gasteiger partial charge in [-0.2, -0.15) is 5.10 Å². The second kappa shape index (κ2) is 10.6. The molecule has 0 aliphatic rings. The molecule has 9 heteroatoms. The number of nitrogens with zero attached hydrogens (tertiary/aromatic N) is 4. The summed E-state index contributed by atoms with van der Waals surface area (Å²) in [6.07, 6.45) is 1.57. The highest BCUT2D eigenvalue weighted by Crippen LogP contribution is 2.28. The fourth-order valence-corrected chi connectivity index (χ4v) is 3.98. The van der Waals surface area contributed by atoms with Crippen LogP contribution in [0.4, 0.5) is 0 Å². The van der Waals surface area contributed by atoms with Gasteiger partial charge in [0.2, 0.25) is 0 Å². The van der Waals surface area contributed by atoms with Crippen molar-refractivity contribution in [1.82, 2.24) is 20.2 Å². The second-order valence-electron chi connectivity index (χ2n) is 6.62. The predicted molar refractivity (Wildman–Crippen MR) is 132 cm³/mol. The van der Waals surface area contributed by atoms with Gasteiger partial charge in [-0.25, -0.2) is 5.43 Å². The standard InChI is InChI=1S/C23H17BrClN5OS/c24-18-10-8-17(9-11-18)22-28-29-23(30(22)20-4-2-1-3-5-20)32-15-21(31)27-26-14-16-6-12-19(25)13-7-16/h1-14H,15H2,(H,27,31)/b26-14+. The summed E-state index contributed by atoms with van der Waals surface area (Å²) in [6, 6.07) is 24.8. The lowest BCUT2D eigenvalue weighted by Gasteiger charge is -2.10. The van der Waals surface area contributed by atoms with Gasteiger partial charge in [-0.15, -0.1) is 10.2 Å². The highest BCUT2D eigenvalue weighted by atomic mass is 79.9. The van der Waals surface area contributed by atoms with Gasteiger partial charge >= 0.3 is 0 Å². The lowest BCUT2D eigenvalue weighted by molar-refractivity contribution is -0.118. The quantitative estimate of drug-likeness (QED) is 0.193. The van der Waals surface area contributed by atoms with E-state index in [1.807, 2.05) is 71.3 Å². The van der Waals surface area contributed by atoms with Gasteiger partial charge < -0.3 is 0 Å². The summed E-state index contributed by atoms with van der Waals surface area (Å²) in [4.78, 5) is 12.3. The number of hydrogen-bond donors (Lipinski definition) is 1. The van der Waals surface area contributed by atoms with Gasteiger partial charge in [0.1, 0.15) is 0 Å². The molecule has 1 amide bonds. The summed E-state index contributed by atoms with van der Waals surface area (Å²) in [5.74, 6) is 0.601. The van der Waals surface area contributed by atoms with Crippen LogP contribution in [0.25, 0.3) is 17.1 Å². The molecule has 1 aromatic heterocycles. The molecule has 160 valence electrons. The lowest BCUT2D eigenvalue weighted by Crippen LogP contribution is -2.20. The summed E-state index contributed by atoms with van der Waals surface area (Å²) in [5, 5.41) is 14.0. The van der Waals surface area contributed by atoms with E-state index in [4.69, 9.17) is 11.6 Å². The highest BCUT2D eigenvalue weighted by Gasteiger charge is 2.17. The molecule has 4 aromatic rings. The molecule has 1 N–H and O–H groups in total. The number of hydrazone groups is 1. The van der Waals surface area contributed by atoms with Crippen LogP contribution >= 0.6 is 39.3 Å². The van der Waals surface area contributed by atoms with Crippen LogP contribution in [0, 0.1) is 0 Å². The number of hydrogen-bond acceptors (Lipinski definition) is 5. The maximum atomic E-state index is 12.3. The molecule has 0 radical (unpaired) electrons. The number of rotatable bonds is 7. The van der Waals surface area contributed by atoms with E-state index >= 15 is 0 Å². The molecule has 32 heavy (non-hydrogen) atoms. The molecule has 0 bridgehead atoms. The number of amides is 1. The Kier molecular flexibility index (Phi) is 7.36. The third-order valence-corrected chi connectivity index (χ3v) is 6.07. The fourth-order valence-electron chi connectivity index (χ4n) is 2.85. The predicted octanol–water partition coefficient (Wildman–Crippen LogP) is 5.59. The average Bonchev–Trinajstić information content (AvgIpc) is 3.24. The van der Waals surface area contributed by atoms with Gasteiger partial charge in [-0.05, 0) is 42.0 Å². The van der Waals surface area contributed by atoms with Crippen molar-refractivity contribution in [3.63, 3.8) is 0 Å². The Morgan fingerprint density at radius 2 is 1.75 bits per heavy atom. The van der Waals surface area contributed by atoms with Crippen molar-refractivity contribution in [3.05, 3.63) is 93.9 Å². The Hall–Kier alpha value is -2.94. The van der Waals surface area contributed by atoms with E-state index in [1.54, 1.807) is 18.3 Å². The first-order chi connectivity index (χ1) is 15.6. The van der Waals surface area contributed by atoms with Crippen LogP contribution in [-0.2, 0) is 4.79 Å². The minimum Gasteiger partial charge on any atom is -0.272 e. The van der Waals surface area contributed by atoms with Gasteiger partial charge in [-0.1, -0.05) is 81.8 Å². The van der Waals surface area contributed by atoms with Crippen LogP contribution in [0.15, 0.2) is 93.6 Å². The molecule has 4 rings (SSSR count). The SMILES string of the molecule is O=C(CSc1nnc(-c2ccc(Br)cc2)n1-c1ccccc1)N/N=C/c1ccc(Cl)cc1. The monoisotopic (exact) mass is 525 g/mol. The number of carbonyl (C=O) groups is 1. The van der Waals surface area contributed by atoms with Gasteiger partial charge in [0, 0.05) is 20.7 Å². The average molecular weight is 527 g/mol. The molecule has 0 saturated heterocycles. The summed E-state index contributed by atoms with van der Waals surface area (Å²) < 4.78 is 2.93. The molecular formula is C23H17BrClN5OS. The Balaban J connectivity index is 1.49. The molecule has 0 saturated carbocycles. The zero-order valence-electron chi connectivity index (χ0n) is 16.7. The number of benzene rings is 3. The van der Waals surface area contributed by atoms with Crippen molar-refractivity contribution in [3.8, 4) is 17.1 Å². The summed E-state index contributed by atoms with van der Waals surface area (Å²) in [6.45, 7) is 0. The normalized spacial score (nSPS) is 11.1. The minimum absolute atomic E-state index is 0.142. The van der Waals surface area contributed by atoms with E-state index in [0.29, 0.717) is 16.0 Å². The van der Waals surface area contributed by atoms with Crippen LogP contribution in [0.2, 0.25) is 5.02 Å². The minimum atomic E-state index is -0.243. The molecule has 0 spiro atoms. The zero-order valence-corrected chi connectivity index (χ0v) is 19.8. The first kappa shape index (κ1) is 22.3. The molecule has 0 atom stereocenters. The van der Waals surface area contributed by atoms with Crippen molar-refractivity contribution < 1.29 is 4.79 Å². The third-order valence-electron chi connectivity index (χ3n) is 4.36. The molecule has 0 fully saturated rings. The molecule has 0 unspecified atom stereocenters. The largest absolute Gasteiger partial charge is 0.272 e. The fraction of sp³-hybridized carbons (Fsp3) is 0.0435. The van der Waals surface area contributed by atoms with Gasteiger partial charge in [-0.3, -0.25) is 9.36 Å². The molecule has 0 aliphatic carbocycles. The maximum Gasteiger partial charge on any atom is 0.250 e. The highest BCUT2D eigenvalue weighted by molar-refractivity contribution is 9.10. The first-order valence-electron chi connectivity index (χ1n) is 9.57. The number of carbonyl (C=O) groups excluding carboxylic acids is 1. The summed E-state index contributed by atoms with van der Waals surface area (Å²) in [7, 11) is 0. The van der Waals surface area contributed by atoms with E-state index in [1.165, 1.54) is 11.8 Å². The summed E-state index contributed by atoms with van der Waals surface area (Å²) in [5.41, 5.74) is 5.21. The topological polar surface area (TPSA) is 72.2 Å². The van der Waals surface area contributed by atoms with Crippen molar-refractivity contribution >= 4 is 51.4 Å². The Labute approximate surface area is 202 Å². The van der Waals surface area contributed by atoms with Gasteiger partial charge in [0.05, 0.1) is 12.0 Å². The summed E-state index contributed by atoms with van der Waals surface area (Å²) >= 11 is 10.6.